The maximum atomic E-state index is 13.3. The van der Waals surface area contributed by atoms with E-state index in [9.17, 15) is 4.79 Å². The van der Waals surface area contributed by atoms with Crippen molar-refractivity contribution in [2.45, 2.75) is 12.5 Å². The van der Waals surface area contributed by atoms with E-state index in [0.29, 0.717) is 23.8 Å². The van der Waals surface area contributed by atoms with E-state index in [1.807, 2.05) is 30.5 Å². The Labute approximate surface area is 159 Å². The minimum Gasteiger partial charge on any atom is -0.348 e. The van der Waals surface area contributed by atoms with Crippen molar-refractivity contribution in [2.24, 2.45) is 7.05 Å². The third-order valence-corrected chi connectivity index (χ3v) is 5.11. The van der Waals surface area contributed by atoms with Crippen molar-refractivity contribution in [3.05, 3.63) is 70.8 Å². The molecule has 1 atom stereocenters. The molecule has 1 aliphatic rings. The fraction of sp³-hybridized carbons (Fsp3) is 0.222. The number of aryl methyl sites for hydroxylation is 1. The van der Waals surface area contributed by atoms with Crippen LogP contribution in [0.2, 0.25) is 5.15 Å². The molecule has 0 aromatic carbocycles. The molecule has 0 saturated heterocycles. The second kappa shape index (κ2) is 5.95. The molecule has 136 valence electrons. The van der Waals surface area contributed by atoms with Crippen molar-refractivity contribution >= 4 is 23.0 Å². The van der Waals surface area contributed by atoms with Crippen LogP contribution >= 0.6 is 11.6 Å². The fourth-order valence-corrected chi connectivity index (χ4v) is 3.88. The first-order valence-corrected chi connectivity index (χ1v) is 8.96. The lowest BCUT2D eigenvalue weighted by Crippen LogP contribution is -2.41. The Hall–Kier alpha value is -3.13. The molecule has 0 radical (unpaired) electrons. The van der Waals surface area contributed by atoms with Crippen LogP contribution in [0.15, 0.2) is 42.9 Å². The summed E-state index contributed by atoms with van der Waals surface area (Å²) in [4.78, 5) is 22.8. The topological polar surface area (TPSA) is 84.1 Å². The molecule has 1 aliphatic heterocycles. The Morgan fingerprint density at radius 3 is 2.96 bits per heavy atom. The number of pyridine rings is 1. The summed E-state index contributed by atoms with van der Waals surface area (Å²) in [5.41, 5.74) is 4.03. The number of carbonyl (C=O) groups excluding carboxylic acids is 1. The zero-order chi connectivity index (χ0) is 18.5. The van der Waals surface area contributed by atoms with E-state index in [1.165, 1.54) is 4.68 Å². The lowest BCUT2D eigenvalue weighted by molar-refractivity contribution is 0.0675. The van der Waals surface area contributed by atoms with Gasteiger partial charge in [-0.2, -0.15) is 10.2 Å². The lowest BCUT2D eigenvalue weighted by Gasteiger charge is -2.33. The van der Waals surface area contributed by atoms with Crippen molar-refractivity contribution in [3.63, 3.8) is 0 Å². The van der Waals surface area contributed by atoms with Crippen LogP contribution in [-0.4, -0.2) is 46.7 Å². The van der Waals surface area contributed by atoms with E-state index < -0.39 is 0 Å². The SMILES string of the molecule is Cn1nc(Cl)cc1C(=O)N1CCc2[nH]cnc2[C@H]1c1cc2ccccn2n1. The van der Waals surface area contributed by atoms with Gasteiger partial charge in [0.25, 0.3) is 5.91 Å². The monoisotopic (exact) mass is 381 g/mol. The normalized spacial score (nSPS) is 16.7. The molecule has 1 amide bonds. The van der Waals surface area contributed by atoms with Crippen LogP contribution in [0.3, 0.4) is 0 Å². The highest BCUT2D eigenvalue weighted by Crippen LogP contribution is 2.34. The van der Waals surface area contributed by atoms with Crippen molar-refractivity contribution in [2.75, 3.05) is 6.54 Å². The molecule has 5 rings (SSSR count). The first-order valence-electron chi connectivity index (χ1n) is 8.59. The number of hydrogen-bond donors (Lipinski definition) is 1. The summed E-state index contributed by atoms with van der Waals surface area (Å²) in [5.74, 6) is -0.146. The number of imidazole rings is 1. The van der Waals surface area contributed by atoms with E-state index >= 15 is 0 Å². The molecule has 27 heavy (non-hydrogen) atoms. The predicted octanol–water partition coefficient (Wildman–Crippen LogP) is 2.23. The second-order valence-electron chi connectivity index (χ2n) is 6.53. The first kappa shape index (κ1) is 16.1. The van der Waals surface area contributed by atoms with Crippen LogP contribution in [0, 0.1) is 0 Å². The van der Waals surface area contributed by atoms with Gasteiger partial charge >= 0.3 is 0 Å². The van der Waals surface area contributed by atoms with Crippen molar-refractivity contribution in [3.8, 4) is 0 Å². The third kappa shape index (κ3) is 2.52. The van der Waals surface area contributed by atoms with E-state index in [1.54, 1.807) is 28.9 Å². The Kier molecular flexibility index (Phi) is 3.54. The number of aromatic nitrogens is 6. The molecular formula is C18H16ClN7O. The van der Waals surface area contributed by atoms with Gasteiger partial charge in [-0.05, 0) is 18.2 Å². The van der Waals surface area contributed by atoms with Gasteiger partial charge in [-0.25, -0.2) is 9.50 Å². The highest BCUT2D eigenvalue weighted by atomic mass is 35.5. The van der Waals surface area contributed by atoms with E-state index in [2.05, 4.69) is 20.2 Å². The highest BCUT2D eigenvalue weighted by Gasteiger charge is 2.37. The third-order valence-electron chi connectivity index (χ3n) is 4.92. The van der Waals surface area contributed by atoms with Gasteiger partial charge in [0.1, 0.15) is 11.7 Å². The summed E-state index contributed by atoms with van der Waals surface area (Å²) >= 11 is 5.98. The van der Waals surface area contributed by atoms with Gasteiger partial charge in [-0.1, -0.05) is 17.7 Å². The molecule has 0 saturated carbocycles. The minimum atomic E-state index is -0.374. The summed E-state index contributed by atoms with van der Waals surface area (Å²) in [6.07, 6.45) is 4.26. The summed E-state index contributed by atoms with van der Waals surface area (Å²) in [5, 5.41) is 9.07. The number of halogens is 1. The van der Waals surface area contributed by atoms with E-state index in [-0.39, 0.29) is 11.9 Å². The molecule has 4 aromatic heterocycles. The Morgan fingerprint density at radius 2 is 2.19 bits per heavy atom. The van der Waals surface area contributed by atoms with Crippen LogP contribution in [0.25, 0.3) is 5.52 Å². The predicted molar refractivity (Wildman–Crippen MR) is 98.6 cm³/mol. The van der Waals surface area contributed by atoms with Gasteiger partial charge in [-0.15, -0.1) is 0 Å². The van der Waals surface area contributed by atoms with Gasteiger partial charge in [0.05, 0.1) is 23.2 Å². The molecule has 5 heterocycles. The maximum Gasteiger partial charge on any atom is 0.273 e. The van der Waals surface area contributed by atoms with Crippen molar-refractivity contribution in [1.29, 1.82) is 0 Å². The summed E-state index contributed by atoms with van der Waals surface area (Å²) in [7, 11) is 1.71. The molecule has 0 unspecified atom stereocenters. The molecule has 8 nitrogen and oxygen atoms in total. The molecule has 4 aromatic rings. The minimum absolute atomic E-state index is 0.146. The second-order valence-corrected chi connectivity index (χ2v) is 6.92. The van der Waals surface area contributed by atoms with Gasteiger partial charge in [0.2, 0.25) is 0 Å². The zero-order valence-electron chi connectivity index (χ0n) is 14.5. The maximum absolute atomic E-state index is 13.3. The number of nitrogens with zero attached hydrogens (tertiary/aromatic N) is 6. The highest BCUT2D eigenvalue weighted by molar-refractivity contribution is 6.29. The average Bonchev–Trinajstić information content (AvgIpc) is 3.37. The Morgan fingerprint density at radius 1 is 1.30 bits per heavy atom. The standard InChI is InChI=1S/C18H16ClN7O/c1-24-14(9-15(19)23-24)18(27)25-7-5-12-16(21-10-20-12)17(25)13-8-11-4-2-3-6-26(11)22-13/h2-4,6,8-10,17H,5,7H2,1H3,(H,20,21)/t17-/m1/s1. The molecule has 0 spiro atoms. The average molecular weight is 382 g/mol. The quantitative estimate of drug-likeness (QED) is 0.577. The van der Waals surface area contributed by atoms with Gasteiger partial charge < -0.3 is 9.88 Å². The van der Waals surface area contributed by atoms with Crippen LogP contribution in [0.5, 0.6) is 0 Å². The van der Waals surface area contributed by atoms with Crippen molar-refractivity contribution < 1.29 is 4.79 Å². The van der Waals surface area contributed by atoms with Gasteiger partial charge in [0.15, 0.2) is 5.15 Å². The lowest BCUT2D eigenvalue weighted by atomic mass is 9.99. The number of fused-ring (bicyclic) bond motifs is 2. The van der Waals surface area contributed by atoms with E-state index in [0.717, 1.165) is 22.6 Å². The first-order chi connectivity index (χ1) is 13.1. The van der Waals surface area contributed by atoms with Gasteiger partial charge in [0, 0.05) is 38.0 Å². The number of hydrogen-bond acceptors (Lipinski definition) is 4. The van der Waals surface area contributed by atoms with Crippen LogP contribution in [0.1, 0.15) is 33.6 Å². The van der Waals surface area contributed by atoms with Crippen LogP contribution < -0.4 is 0 Å². The number of aromatic amines is 1. The number of H-pyrrole nitrogens is 1. The summed E-state index contributed by atoms with van der Waals surface area (Å²) in [6, 6.07) is 9.07. The largest absolute Gasteiger partial charge is 0.348 e. The molecule has 0 aliphatic carbocycles. The van der Waals surface area contributed by atoms with Crippen LogP contribution in [0.4, 0.5) is 0 Å². The van der Waals surface area contributed by atoms with E-state index in [4.69, 9.17) is 11.6 Å². The number of nitrogens with one attached hydrogen (secondary N) is 1. The molecule has 1 N–H and O–H groups in total. The molecular weight excluding hydrogens is 366 g/mol. The summed E-state index contributed by atoms with van der Waals surface area (Å²) in [6.45, 7) is 0.551. The number of carbonyl (C=O) groups is 1. The molecule has 9 heteroatoms. The Bertz CT molecular complexity index is 1120. The van der Waals surface area contributed by atoms with Crippen LogP contribution in [-0.2, 0) is 13.5 Å². The smallest absolute Gasteiger partial charge is 0.273 e. The van der Waals surface area contributed by atoms with Gasteiger partial charge in [-0.3, -0.25) is 9.48 Å². The van der Waals surface area contributed by atoms with Crippen molar-refractivity contribution in [1.82, 2.24) is 34.3 Å². The number of rotatable bonds is 2. The Balaban J connectivity index is 1.64. The molecule has 0 fully saturated rings. The zero-order valence-corrected chi connectivity index (χ0v) is 15.3. The number of amides is 1. The summed E-state index contributed by atoms with van der Waals surface area (Å²) < 4.78 is 3.31. The fourth-order valence-electron chi connectivity index (χ4n) is 3.67. The molecule has 0 bridgehead atoms.